The fourth-order valence-electron chi connectivity index (χ4n) is 4.82. The smallest absolute Gasteiger partial charge is 0.254 e. The van der Waals surface area contributed by atoms with Gasteiger partial charge in [-0.2, -0.15) is 0 Å². The topological polar surface area (TPSA) is 57.2 Å². The summed E-state index contributed by atoms with van der Waals surface area (Å²) in [5.41, 5.74) is 0.330. The maximum Gasteiger partial charge on any atom is 0.254 e. The number of hydrogen-bond acceptors (Lipinski definition) is 5. The maximum atomic E-state index is 13.8. The zero-order chi connectivity index (χ0) is 23.9. The molecule has 3 aliphatic rings. The molecule has 9 heteroatoms. The second-order valence-corrected chi connectivity index (χ2v) is 8.98. The van der Waals surface area contributed by atoms with Gasteiger partial charge in [-0.3, -0.25) is 4.79 Å². The van der Waals surface area contributed by atoms with Crippen LogP contribution in [-0.4, -0.2) is 56.4 Å². The normalized spacial score (nSPS) is 27.2. The number of alkyl halides is 2. The van der Waals surface area contributed by atoms with E-state index in [-0.39, 0.29) is 38.0 Å². The van der Waals surface area contributed by atoms with Crippen LogP contribution in [0.1, 0.15) is 35.2 Å². The quantitative estimate of drug-likeness (QED) is 0.593. The van der Waals surface area contributed by atoms with Crippen LogP contribution in [0.4, 0.5) is 13.2 Å². The van der Waals surface area contributed by atoms with Gasteiger partial charge >= 0.3 is 0 Å². The molecule has 5 rings (SSSR count). The molecule has 3 atom stereocenters. The van der Waals surface area contributed by atoms with E-state index in [0.29, 0.717) is 42.1 Å². The van der Waals surface area contributed by atoms with Crippen molar-refractivity contribution in [1.82, 2.24) is 4.90 Å². The molecule has 34 heavy (non-hydrogen) atoms. The van der Waals surface area contributed by atoms with Crippen LogP contribution in [0.25, 0.3) is 0 Å². The molecule has 3 unspecified atom stereocenters. The number of carbonyl (C=O) groups excluding carboxylic acids is 1. The minimum absolute atomic E-state index is 0.0792. The van der Waals surface area contributed by atoms with Crippen LogP contribution >= 0.6 is 0 Å². The lowest BCUT2D eigenvalue weighted by atomic mass is 9.82. The van der Waals surface area contributed by atoms with Crippen LogP contribution < -0.4 is 9.47 Å². The summed E-state index contributed by atoms with van der Waals surface area (Å²) >= 11 is 0. The summed E-state index contributed by atoms with van der Waals surface area (Å²) in [6.45, 7) is 0.934. The summed E-state index contributed by atoms with van der Waals surface area (Å²) in [6.07, 6.45) is 0.225. The first-order chi connectivity index (χ1) is 16.3. The Morgan fingerprint density at radius 3 is 2.76 bits per heavy atom. The summed E-state index contributed by atoms with van der Waals surface area (Å²) in [5.74, 6) is -2.98. The highest BCUT2D eigenvalue weighted by Crippen LogP contribution is 2.50. The molecule has 2 saturated heterocycles. The standard InChI is InChI=1S/C25H26F3NO5/c1-31-21-11-16(5-6-20(21)32-10-7-18-13-25(18,27)28)23(30)29-9-8-24(22(14-29)33-15-34-24)17-3-2-4-19(26)12-17/h2-6,11-12,18,22H,7-10,13-15H2,1H3. The Kier molecular flexibility index (Phi) is 5.93. The van der Waals surface area contributed by atoms with Gasteiger partial charge in [0, 0.05) is 30.9 Å². The number of piperidine rings is 1. The van der Waals surface area contributed by atoms with E-state index >= 15 is 0 Å². The molecule has 1 saturated carbocycles. The minimum Gasteiger partial charge on any atom is -0.493 e. The van der Waals surface area contributed by atoms with E-state index < -0.39 is 23.5 Å². The van der Waals surface area contributed by atoms with Crippen LogP contribution in [-0.2, 0) is 15.1 Å². The van der Waals surface area contributed by atoms with Crippen molar-refractivity contribution >= 4 is 5.91 Å². The van der Waals surface area contributed by atoms with Crippen molar-refractivity contribution in [2.75, 3.05) is 33.6 Å². The summed E-state index contributed by atoms with van der Waals surface area (Å²) in [6, 6.07) is 11.1. The number of hydrogen-bond donors (Lipinski definition) is 0. The minimum atomic E-state index is -2.57. The average molecular weight is 477 g/mol. The van der Waals surface area contributed by atoms with Crippen LogP contribution in [0.2, 0.25) is 0 Å². The molecule has 182 valence electrons. The SMILES string of the molecule is COc1cc(C(=O)N2CCC3(c4cccc(F)c4)OCOC3C2)ccc1OCCC1CC1(F)F. The van der Waals surface area contributed by atoms with Gasteiger partial charge in [-0.1, -0.05) is 12.1 Å². The molecule has 2 aliphatic heterocycles. The van der Waals surface area contributed by atoms with E-state index in [4.69, 9.17) is 18.9 Å². The fraction of sp³-hybridized carbons (Fsp3) is 0.480. The lowest BCUT2D eigenvalue weighted by Crippen LogP contribution is -2.53. The molecular formula is C25H26F3NO5. The summed E-state index contributed by atoms with van der Waals surface area (Å²) < 4.78 is 62.7. The van der Waals surface area contributed by atoms with E-state index in [9.17, 15) is 18.0 Å². The molecular weight excluding hydrogens is 451 g/mol. The van der Waals surface area contributed by atoms with Crippen LogP contribution in [0.15, 0.2) is 42.5 Å². The Morgan fingerprint density at radius 1 is 1.21 bits per heavy atom. The number of likely N-dealkylation sites (tertiary alicyclic amines) is 1. The van der Waals surface area contributed by atoms with E-state index in [1.54, 1.807) is 29.2 Å². The predicted octanol–water partition coefficient (Wildman–Crippen LogP) is 4.37. The Hall–Kier alpha value is -2.78. The van der Waals surface area contributed by atoms with Gasteiger partial charge in [-0.25, -0.2) is 13.2 Å². The number of rotatable bonds is 7. The fourth-order valence-corrected chi connectivity index (χ4v) is 4.82. The molecule has 0 aromatic heterocycles. The van der Waals surface area contributed by atoms with Crippen molar-refractivity contribution in [2.45, 2.75) is 36.9 Å². The van der Waals surface area contributed by atoms with Gasteiger partial charge in [0.05, 0.1) is 20.3 Å². The van der Waals surface area contributed by atoms with Crippen molar-refractivity contribution in [1.29, 1.82) is 0 Å². The molecule has 0 radical (unpaired) electrons. The Bertz CT molecular complexity index is 1080. The largest absolute Gasteiger partial charge is 0.493 e. The summed E-state index contributed by atoms with van der Waals surface area (Å²) in [4.78, 5) is 14.9. The zero-order valence-corrected chi connectivity index (χ0v) is 18.8. The average Bonchev–Trinajstić information content (AvgIpc) is 3.24. The lowest BCUT2D eigenvalue weighted by molar-refractivity contribution is -0.0441. The molecule has 0 bridgehead atoms. The number of halogens is 3. The Morgan fingerprint density at radius 2 is 2.03 bits per heavy atom. The first-order valence-electron chi connectivity index (χ1n) is 11.3. The second kappa shape index (κ2) is 8.78. The number of fused-ring (bicyclic) bond motifs is 1. The monoisotopic (exact) mass is 477 g/mol. The highest BCUT2D eigenvalue weighted by atomic mass is 19.3. The van der Waals surface area contributed by atoms with Gasteiger partial charge in [0.15, 0.2) is 11.5 Å². The Labute approximate surface area is 195 Å². The second-order valence-electron chi connectivity index (χ2n) is 8.98. The third-order valence-electron chi connectivity index (χ3n) is 6.94. The molecule has 2 heterocycles. The van der Waals surface area contributed by atoms with Gasteiger partial charge in [0.2, 0.25) is 0 Å². The summed E-state index contributed by atoms with van der Waals surface area (Å²) in [5, 5.41) is 0. The van der Waals surface area contributed by atoms with Crippen molar-refractivity contribution in [3.63, 3.8) is 0 Å². The number of amides is 1. The van der Waals surface area contributed by atoms with E-state index in [1.807, 2.05) is 6.07 Å². The molecule has 6 nitrogen and oxygen atoms in total. The Balaban J connectivity index is 1.26. The van der Waals surface area contributed by atoms with Crippen LogP contribution in [0.3, 0.4) is 0 Å². The van der Waals surface area contributed by atoms with E-state index in [2.05, 4.69) is 0 Å². The van der Waals surface area contributed by atoms with Gasteiger partial charge in [-0.05, 0) is 42.3 Å². The highest BCUT2D eigenvalue weighted by Gasteiger charge is 2.56. The molecule has 2 aromatic rings. The number of methoxy groups -OCH3 is 1. The third-order valence-corrected chi connectivity index (χ3v) is 6.94. The molecule has 0 spiro atoms. The lowest BCUT2D eigenvalue weighted by Gasteiger charge is -2.42. The first-order valence-corrected chi connectivity index (χ1v) is 11.3. The van der Waals surface area contributed by atoms with E-state index in [0.717, 1.165) is 0 Å². The van der Waals surface area contributed by atoms with Gasteiger partial charge in [-0.15, -0.1) is 0 Å². The van der Waals surface area contributed by atoms with Crippen LogP contribution in [0.5, 0.6) is 11.5 Å². The number of carbonyl (C=O) groups is 1. The number of nitrogens with zero attached hydrogens (tertiary/aromatic N) is 1. The van der Waals surface area contributed by atoms with Crippen molar-refractivity contribution in [2.24, 2.45) is 5.92 Å². The van der Waals surface area contributed by atoms with Gasteiger partial charge in [0.1, 0.15) is 24.3 Å². The zero-order valence-electron chi connectivity index (χ0n) is 18.8. The third kappa shape index (κ3) is 4.22. The van der Waals surface area contributed by atoms with E-state index in [1.165, 1.54) is 19.2 Å². The van der Waals surface area contributed by atoms with Crippen molar-refractivity contribution in [3.8, 4) is 11.5 Å². The molecule has 3 fully saturated rings. The molecule has 1 amide bonds. The van der Waals surface area contributed by atoms with Gasteiger partial charge < -0.3 is 23.8 Å². The van der Waals surface area contributed by atoms with Gasteiger partial charge in [0.25, 0.3) is 11.8 Å². The van der Waals surface area contributed by atoms with Crippen molar-refractivity contribution < 1.29 is 36.9 Å². The molecule has 0 N–H and O–H groups in total. The van der Waals surface area contributed by atoms with Crippen LogP contribution in [0, 0.1) is 11.7 Å². The molecule has 2 aromatic carbocycles. The number of ether oxygens (including phenoxy) is 4. The van der Waals surface area contributed by atoms with Crippen molar-refractivity contribution in [3.05, 3.63) is 59.4 Å². The highest BCUT2D eigenvalue weighted by molar-refractivity contribution is 5.95. The maximum absolute atomic E-state index is 13.8. The predicted molar refractivity (Wildman–Crippen MR) is 116 cm³/mol. The summed E-state index contributed by atoms with van der Waals surface area (Å²) in [7, 11) is 1.46. The number of benzene rings is 2. The first kappa shape index (κ1) is 23.0. The molecule has 1 aliphatic carbocycles.